The van der Waals surface area contributed by atoms with Crippen LogP contribution in [0.15, 0.2) is 28.9 Å². The van der Waals surface area contributed by atoms with Crippen molar-refractivity contribution < 1.29 is 14.2 Å². The highest BCUT2D eigenvalue weighted by Gasteiger charge is 2.31. The molecule has 2 aromatic rings. The van der Waals surface area contributed by atoms with E-state index >= 15 is 0 Å². The lowest BCUT2D eigenvalue weighted by atomic mass is 10.2. The lowest BCUT2D eigenvalue weighted by molar-refractivity contribution is -0.128. The van der Waals surface area contributed by atoms with Gasteiger partial charge in [-0.25, -0.2) is 4.63 Å². The molecule has 0 spiro atoms. The van der Waals surface area contributed by atoms with Crippen molar-refractivity contribution >= 4 is 23.4 Å². The van der Waals surface area contributed by atoms with Crippen molar-refractivity contribution in [3.05, 3.63) is 46.2 Å². The summed E-state index contributed by atoms with van der Waals surface area (Å²) < 4.78 is 4.57. The third kappa shape index (κ3) is 3.73. The second kappa shape index (κ2) is 7.00. The Bertz CT molecular complexity index is 761. The third-order valence-corrected chi connectivity index (χ3v) is 4.34. The summed E-state index contributed by atoms with van der Waals surface area (Å²) >= 11 is 6.14. The van der Waals surface area contributed by atoms with Crippen molar-refractivity contribution in [1.82, 2.24) is 20.5 Å². The molecule has 0 unspecified atom stereocenters. The number of hydrogen-bond donors (Lipinski definition) is 1. The highest BCUT2D eigenvalue weighted by Crippen LogP contribution is 2.20. The minimum absolute atomic E-state index is 0.000460. The first kappa shape index (κ1) is 16.4. The van der Waals surface area contributed by atoms with Crippen molar-refractivity contribution in [2.75, 3.05) is 6.54 Å². The fourth-order valence-corrected chi connectivity index (χ4v) is 2.89. The first-order chi connectivity index (χ1) is 11.5. The average Bonchev–Trinajstić information content (AvgIpc) is 3.08. The van der Waals surface area contributed by atoms with Gasteiger partial charge in [-0.15, -0.1) is 0 Å². The lowest BCUT2D eigenvalue weighted by Gasteiger charge is -2.18. The van der Waals surface area contributed by atoms with E-state index in [-0.39, 0.29) is 30.7 Å². The number of halogens is 1. The molecule has 1 N–H and O–H groups in total. The molecule has 0 aliphatic carbocycles. The van der Waals surface area contributed by atoms with Gasteiger partial charge in [0.2, 0.25) is 11.8 Å². The van der Waals surface area contributed by atoms with Crippen LogP contribution in [-0.2, 0) is 22.6 Å². The van der Waals surface area contributed by atoms with Crippen molar-refractivity contribution in [3.63, 3.8) is 0 Å². The average molecular weight is 349 g/mol. The molecule has 1 aromatic heterocycles. The summed E-state index contributed by atoms with van der Waals surface area (Å²) in [6.07, 6.45) is 0.372. The minimum Gasteiger partial charge on any atom is -0.351 e. The second-order valence-electron chi connectivity index (χ2n) is 5.81. The molecule has 1 atom stereocenters. The molecule has 1 aromatic carbocycles. The fraction of sp³-hybridized carbons (Fsp3) is 0.375. The highest BCUT2D eigenvalue weighted by molar-refractivity contribution is 6.31. The molecule has 126 valence electrons. The van der Waals surface area contributed by atoms with Gasteiger partial charge in [-0.3, -0.25) is 9.59 Å². The first-order valence-electron chi connectivity index (χ1n) is 7.61. The fourth-order valence-electron chi connectivity index (χ4n) is 2.69. The van der Waals surface area contributed by atoms with Gasteiger partial charge in [0.25, 0.3) is 0 Å². The molecule has 8 heteroatoms. The molecule has 24 heavy (non-hydrogen) atoms. The van der Waals surface area contributed by atoms with Gasteiger partial charge in [0, 0.05) is 24.5 Å². The number of nitrogens with one attached hydrogen (secondary N) is 1. The normalized spacial score (nSPS) is 17.3. The summed E-state index contributed by atoms with van der Waals surface area (Å²) in [7, 11) is 0. The number of carbonyl (C=O) groups excluding carboxylic acids is 2. The van der Waals surface area contributed by atoms with E-state index < -0.39 is 0 Å². The number of aryl methyl sites for hydroxylation is 1. The molecule has 1 saturated heterocycles. The Hall–Kier alpha value is -2.41. The zero-order valence-electron chi connectivity index (χ0n) is 13.2. The molecule has 0 bridgehead atoms. The smallest absolute Gasteiger partial charge is 0.226 e. The SMILES string of the molecule is Cc1nonc1CC(=O)N[C@@H]1CC(=O)N(Cc2ccccc2Cl)C1. The number of benzene rings is 1. The Morgan fingerprint density at radius 3 is 2.92 bits per heavy atom. The van der Waals surface area contributed by atoms with Crippen LogP contribution in [0.25, 0.3) is 0 Å². The number of rotatable bonds is 5. The largest absolute Gasteiger partial charge is 0.351 e. The molecule has 2 amide bonds. The predicted molar refractivity (Wildman–Crippen MR) is 86.2 cm³/mol. The Kier molecular flexibility index (Phi) is 4.80. The molecular formula is C16H17ClN4O3. The van der Waals surface area contributed by atoms with Crippen LogP contribution in [0.1, 0.15) is 23.4 Å². The van der Waals surface area contributed by atoms with Crippen molar-refractivity contribution in [1.29, 1.82) is 0 Å². The van der Waals surface area contributed by atoms with Crippen LogP contribution in [0, 0.1) is 6.92 Å². The summed E-state index contributed by atoms with van der Waals surface area (Å²) in [5, 5.41) is 10.8. The van der Waals surface area contributed by atoms with Crippen molar-refractivity contribution in [2.24, 2.45) is 0 Å². The van der Waals surface area contributed by atoms with E-state index in [2.05, 4.69) is 20.3 Å². The van der Waals surface area contributed by atoms with Crippen LogP contribution in [0.5, 0.6) is 0 Å². The quantitative estimate of drug-likeness (QED) is 0.884. The minimum atomic E-state index is -0.215. The van der Waals surface area contributed by atoms with Crippen LogP contribution < -0.4 is 5.32 Å². The van der Waals surface area contributed by atoms with E-state index in [0.717, 1.165) is 5.56 Å². The van der Waals surface area contributed by atoms with E-state index in [4.69, 9.17) is 11.6 Å². The number of likely N-dealkylation sites (tertiary alicyclic amines) is 1. The molecule has 3 rings (SSSR count). The van der Waals surface area contributed by atoms with Crippen LogP contribution >= 0.6 is 11.6 Å². The van der Waals surface area contributed by atoms with Gasteiger partial charge in [0.15, 0.2) is 0 Å². The zero-order chi connectivity index (χ0) is 17.1. The van der Waals surface area contributed by atoms with E-state index in [1.807, 2.05) is 18.2 Å². The van der Waals surface area contributed by atoms with Crippen molar-refractivity contribution in [2.45, 2.75) is 32.4 Å². The van der Waals surface area contributed by atoms with Gasteiger partial charge in [-0.05, 0) is 18.6 Å². The molecule has 1 aliphatic heterocycles. The molecular weight excluding hydrogens is 332 g/mol. The van der Waals surface area contributed by atoms with Gasteiger partial charge in [0.1, 0.15) is 11.4 Å². The van der Waals surface area contributed by atoms with Crippen LogP contribution in [0.4, 0.5) is 0 Å². The highest BCUT2D eigenvalue weighted by atomic mass is 35.5. The summed E-state index contributed by atoms with van der Waals surface area (Å²) in [6.45, 7) is 2.63. The summed E-state index contributed by atoms with van der Waals surface area (Å²) in [4.78, 5) is 25.9. The zero-order valence-corrected chi connectivity index (χ0v) is 13.9. The maximum atomic E-state index is 12.1. The van der Waals surface area contributed by atoms with Gasteiger partial charge < -0.3 is 10.2 Å². The molecule has 1 aliphatic rings. The molecule has 0 saturated carbocycles. The van der Waals surface area contributed by atoms with Crippen LogP contribution in [-0.4, -0.2) is 39.6 Å². The maximum Gasteiger partial charge on any atom is 0.226 e. The van der Waals surface area contributed by atoms with E-state index in [0.29, 0.717) is 29.5 Å². The Balaban J connectivity index is 1.56. The summed E-state index contributed by atoms with van der Waals surface area (Å²) in [5.41, 5.74) is 1.99. The standard InChI is InChI=1S/C16H17ClN4O3/c1-10-14(20-24-19-10)7-15(22)18-12-6-16(23)21(9-12)8-11-4-2-3-5-13(11)17/h2-5,12H,6-9H2,1H3,(H,18,22)/t12-/m1/s1. The Morgan fingerprint density at radius 2 is 2.21 bits per heavy atom. The van der Waals surface area contributed by atoms with E-state index in [1.165, 1.54) is 0 Å². The molecule has 7 nitrogen and oxygen atoms in total. The second-order valence-corrected chi connectivity index (χ2v) is 6.21. The maximum absolute atomic E-state index is 12.1. The van der Waals surface area contributed by atoms with Gasteiger partial charge >= 0.3 is 0 Å². The summed E-state index contributed by atoms with van der Waals surface area (Å²) in [5.74, 6) is -0.203. The molecule has 2 heterocycles. The summed E-state index contributed by atoms with van der Waals surface area (Å²) in [6, 6.07) is 7.21. The van der Waals surface area contributed by atoms with Gasteiger partial charge in [0.05, 0.1) is 12.5 Å². The number of hydrogen-bond acceptors (Lipinski definition) is 5. The van der Waals surface area contributed by atoms with Crippen molar-refractivity contribution in [3.8, 4) is 0 Å². The number of amides is 2. The van der Waals surface area contributed by atoms with Gasteiger partial charge in [-0.1, -0.05) is 40.1 Å². The lowest BCUT2D eigenvalue weighted by Crippen LogP contribution is -2.38. The van der Waals surface area contributed by atoms with Gasteiger partial charge in [-0.2, -0.15) is 0 Å². The topological polar surface area (TPSA) is 88.3 Å². The Labute approximate surface area is 143 Å². The monoisotopic (exact) mass is 348 g/mol. The first-order valence-corrected chi connectivity index (χ1v) is 7.99. The predicted octanol–water partition coefficient (Wildman–Crippen LogP) is 1.49. The number of nitrogens with zero attached hydrogens (tertiary/aromatic N) is 3. The van der Waals surface area contributed by atoms with E-state index in [1.54, 1.807) is 17.9 Å². The van der Waals surface area contributed by atoms with Crippen LogP contribution in [0.2, 0.25) is 5.02 Å². The number of carbonyl (C=O) groups is 2. The Morgan fingerprint density at radius 1 is 1.42 bits per heavy atom. The number of aromatic nitrogens is 2. The van der Waals surface area contributed by atoms with E-state index in [9.17, 15) is 9.59 Å². The third-order valence-electron chi connectivity index (χ3n) is 3.97. The van der Waals surface area contributed by atoms with Crippen LogP contribution in [0.3, 0.4) is 0 Å². The molecule has 0 radical (unpaired) electrons. The molecule has 1 fully saturated rings.